The monoisotopic (exact) mass is 447 g/mol. The zero-order chi connectivity index (χ0) is 22.1. The lowest BCUT2D eigenvalue weighted by molar-refractivity contribution is 0.363. The second kappa shape index (κ2) is 7.10. The predicted octanol–water partition coefficient (Wildman–Crippen LogP) is 5.71. The van der Waals surface area contributed by atoms with E-state index in [1.54, 1.807) is 24.4 Å². The summed E-state index contributed by atoms with van der Waals surface area (Å²) in [5, 5.41) is 0. The number of aromatic nitrogens is 2. The average Bonchev–Trinajstić information content (AvgIpc) is 2.66. The summed E-state index contributed by atoms with van der Waals surface area (Å²) in [6.45, 7) is 0.822. The van der Waals surface area contributed by atoms with E-state index in [0.717, 1.165) is 12.1 Å². The van der Waals surface area contributed by atoms with Crippen LogP contribution in [-0.4, -0.2) is 16.1 Å². The Hall–Kier alpha value is -2.92. The number of nitrogens with zero attached hydrogens (tertiary/aromatic N) is 2. The van der Waals surface area contributed by atoms with Crippen LogP contribution in [0.4, 0.5) is 19.4 Å². The van der Waals surface area contributed by atoms with E-state index in [9.17, 15) is 24.2 Å². The zero-order valence-electron chi connectivity index (χ0n) is 15.5. The maximum Gasteiger partial charge on any atom is 0.310 e. The van der Waals surface area contributed by atoms with Crippen molar-refractivity contribution in [3.8, 4) is 22.8 Å². The molecule has 5 nitrogen and oxygen atoms in total. The molecule has 0 aliphatic carbocycles. The molecular weight excluding hydrogens is 429 g/mol. The Labute approximate surface area is 168 Å². The van der Waals surface area contributed by atoms with E-state index < -0.39 is 15.1 Å². The Morgan fingerprint density at radius 2 is 1.70 bits per heavy atom. The predicted molar refractivity (Wildman–Crippen MR) is 106 cm³/mol. The number of pyridine rings is 2. The molecule has 0 amide bonds. The first-order chi connectivity index (χ1) is 13.9. The highest BCUT2D eigenvalue weighted by molar-refractivity contribution is 8.45. The molecule has 0 unspecified atom stereocenters. The van der Waals surface area contributed by atoms with Crippen LogP contribution in [0.2, 0.25) is 0 Å². The molecule has 3 aromatic rings. The molecule has 1 aromatic carbocycles. The lowest BCUT2D eigenvalue weighted by Crippen LogP contribution is -2.20. The summed E-state index contributed by atoms with van der Waals surface area (Å²) in [5.41, 5.74) is 6.31. The maximum absolute atomic E-state index is 12.9. The minimum atomic E-state index is -9.76. The first-order valence-electron chi connectivity index (χ1n) is 8.75. The molecule has 0 fully saturated rings. The quantitative estimate of drug-likeness (QED) is 0.471. The highest BCUT2D eigenvalue weighted by atomic mass is 32.5. The van der Waals surface area contributed by atoms with Crippen LogP contribution in [0, 0.1) is 0 Å². The van der Waals surface area contributed by atoms with Crippen LogP contribution in [0.1, 0.15) is 6.42 Å². The van der Waals surface area contributed by atoms with Crippen molar-refractivity contribution in [1.82, 2.24) is 9.55 Å². The normalized spacial score (nSPS) is 14.1. The molecule has 30 heavy (non-hydrogen) atoms. The molecular formula is C19H18F5N3O2S. The number of halogens is 5. The van der Waals surface area contributed by atoms with Crippen LogP contribution in [0.25, 0.3) is 11.1 Å². The number of ether oxygens (including phenoxy) is 1. The van der Waals surface area contributed by atoms with Gasteiger partial charge in [-0.1, -0.05) is 19.4 Å². The van der Waals surface area contributed by atoms with Gasteiger partial charge in [0.15, 0.2) is 0 Å². The molecule has 0 saturated heterocycles. The lowest BCUT2D eigenvalue weighted by Gasteiger charge is -2.40. The average molecular weight is 447 g/mol. The number of nitrogens with two attached hydrogens (primary N) is 1. The summed E-state index contributed by atoms with van der Waals surface area (Å²) < 4.78 is 71.3. The van der Waals surface area contributed by atoms with Crippen molar-refractivity contribution in [1.29, 1.82) is 0 Å². The van der Waals surface area contributed by atoms with Gasteiger partial charge in [-0.15, -0.1) is 0 Å². The zero-order valence-corrected chi connectivity index (χ0v) is 16.3. The Kier molecular flexibility index (Phi) is 5.15. The fraction of sp³-hybridized carbons (Fsp3) is 0.158. The molecule has 0 atom stereocenters. The fourth-order valence-electron chi connectivity index (χ4n) is 2.70. The number of benzene rings is 1. The van der Waals surface area contributed by atoms with Gasteiger partial charge in [0.2, 0.25) is 5.88 Å². The van der Waals surface area contributed by atoms with Crippen LogP contribution in [0.5, 0.6) is 11.6 Å². The van der Waals surface area contributed by atoms with Crippen LogP contribution in [-0.2, 0) is 6.54 Å². The highest BCUT2D eigenvalue weighted by Gasteiger charge is 2.65. The minimum Gasteiger partial charge on any atom is -0.438 e. The first kappa shape index (κ1) is 21.8. The molecule has 0 aliphatic rings. The summed E-state index contributed by atoms with van der Waals surface area (Å²) in [6.07, 6.45) is 3.60. The van der Waals surface area contributed by atoms with Gasteiger partial charge in [-0.05, 0) is 55.4 Å². The molecule has 0 spiro atoms. The second-order valence-electron chi connectivity index (χ2n) is 6.49. The molecule has 11 heteroatoms. The number of hydrogen-bond donors (Lipinski definition) is 1. The fourth-order valence-corrected chi connectivity index (χ4v) is 3.35. The van der Waals surface area contributed by atoms with Crippen LogP contribution >= 0.6 is 10.2 Å². The van der Waals surface area contributed by atoms with E-state index >= 15 is 0 Å². The van der Waals surface area contributed by atoms with E-state index in [-0.39, 0.29) is 29.3 Å². The highest BCUT2D eigenvalue weighted by Crippen LogP contribution is 3.02. The molecule has 2 heterocycles. The van der Waals surface area contributed by atoms with E-state index in [0.29, 0.717) is 30.6 Å². The van der Waals surface area contributed by atoms with Crippen molar-refractivity contribution in [3.63, 3.8) is 0 Å². The number of rotatable bonds is 7. The molecule has 2 N–H and O–H groups in total. The SMILES string of the molecule is NCCCn1cc(-c2cccnc2Oc2ccc(S(F)(F)(F)(F)F)cc2)ccc1=O. The maximum atomic E-state index is 12.9. The first-order valence-corrected chi connectivity index (χ1v) is 10.7. The summed E-state index contributed by atoms with van der Waals surface area (Å²) in [6, 6.07) is 8.34. The van der Waals surface area contributed by atoms with Gasteiger partial charge < -0.3 is 15.0 Å². The Bertz CT molecular complexity index is 1120. The van der Waals surface area contributed by atoms with Crippen molar-refractivity contribution >= 4 is 10.2 Å². The van der Waals surface area contributed by atoms with E-state index in [2.05, 4.69) is 4.98 Å². The van der Waals surface area contributed by atoms with Crippen LogP contribution in [0.15, 0.2) is 70.6 Å². The third-order valence-electron chi connectivity index (χ3n) is 4.15. The molecule has 0 saturated carbocycles. The molecule has 0 aliphatic heterocycles. The molecule has 3 rings (SSSR count). The van der Waals surface area contributed by atoms with Crippen LogP contribution < -0.4 is 16.0 Å². The van der Waals surface area contributed by atoms with Crippen molar-refractivity contribution in [3.05, 3.63) is 71.3 Å². The lowest BCUT2D eigenvalue weighted by atomic mass is 10.1. The number of hydrogen-bond acceptors (Lipinski definition) is 4. The van der Waals surface area contributed by atoms with E-state index in [1.807, 2.05) is 0 Å². The molecule has 2 aromatic heterocycles. The molecule has 0 radical (unpaired) electrons. The van der Waals surface area contributed by atoms with Gasteiger partial charge in [-0.25, -0.2) is 4.98 Å². The summed E-state index contributed by atoms with van der Waals surface area (Å²) in [7, 11) is -9.76. The Balaban J connectivity index is 1.93. The summed E-state index contributed by atoms with van der Waals surface area (Å²) >= 11 is 0. The molecule has 162 valence electrons. The third-order valence-corrected chi connectivity index (χ3v) is 5.32. The van der Waals surface area contributed by atoms with Gasteiger partial charge >= 0.3 is 10.2 Å². The third kappa shape index (κ3) is 5.16. The van der Waals surface area contributed by atoms with Crippen molar-refractivity contribution < 1.29 is 24.2 Å². The summed E-state index contributed by atoms with van der Waals surface area (Å²) in [4.78, 5) is 14.0. The van der Waals surface area contributed by atoms with Crippen LogP contribution in [0.3, 0.4) is 0 Å². The van der Waals surface area contributed by atoms with Gasteiger partial charge in [-0.3, -0.25) is 4.79 Å². The standard InChI is InChI=1S/C19H18F5N3O2S/c20-30(21,22,23,24)16-7-5-15(6-8-16)29-19-17(3-1-11-26-19)14-4-9-18(28)27(13-14)12-2-10-25/h1,3-9,11,13H,2,10,12,25H2. The Morgan fingerprint density at radius 3 is 2.33 bits per heavy atom. The largest absolute Gasteiger partial charge is 0.438 e. The Morgan fingerprint density at radius 1 is 1.00 bits per heavy atom. The van der Waals surface area contributed by atoms with E-state index in [4.69, 9.17) is 10.5 Å². The topological polar surface area (TPSA) is 70.1 Å². The van der Waals surface area contributed by atoms with Crippen molar-refractivity contribution in [2.24, 2.45) is 5.73 Å². The van der Waals surface area contributed by atoms with Gasteiger partial charge in [0.1, 0.15) is 10.6 Å². The van der Waals surface area contributed by atoms with Gasteiger partial charge in [0.25, 0.3) is 5.56 Å². The van der Waals surface area contributed by atoms with E-state index in [1.165, 1.54) is 16.8 Å². The van der Waals surface area contributed by atoms with Crippen molar-refractivity contribution in [2.45, 2.75) is 17.9 Å². The van der Waals surface area contributed by atoms with Gasteiger partial charge in [0.05, 0.1) is 0 Å². The smallest absolute Gasteiger partial charge is 0.310 e. The van der Waals surface area contributed by atoms with Gasteiger partial charge in [-0.2, -0.15) is 0 Å². The molecule has 0 bridgehead atoms. The number of aryl methyl sites for hydroxylation is 1. The minimum absolute atomic E-state index is 0.0432. The second-order valence-corrected chi connectivity index (χ2v) is 8.90. The van der Waals surface area contributed by atoms with Crippen molar-refractivity contribution in [2.75, 3.05) is 6.54 Å². The summed E-state index contributed by atoms with van der Waals surface area (Å²) in [5.74, 6) is -0.0568. The van der Waals surface area contributed by atoms with Gasteiger partial charge in [0, 0.05) is 36.1 Å².